The van der Waals surface area contributed by atoms with Crippen LogP contribution in [0.4, 0.5) is 0 Å². The van der Waals surface area contributed by atoms with Crippen molar-refractivity contribution in [2.24, 2.45) is 0 Å². The summed E-state index contributed by atoms with van der Waals surface area (Å²) in [6.07, 6.45) is 4.86. The van der Waals surface area contributed by atoms with Crippen molar-refractivity contribution >= 4 is 11.2 Å². The van der Waals surface area contributed by atoms with Crippen molar-refractivity contribution in [3.8, 4) is 5.75 Å². The summed E-state index contributed by atoms with van der Waals surface area (Å²) in [5.41, 5.74) is 1.38. The minimum Gasteiger partial charge on any atom is -0.495 e. The van der Waals surface area contributed by atoms with Gasteiger partial charge in [0.15, 0.2) is 5.65 Å². The molecule has 0 amide bonds. The SMILES string of the molecule is COc1cnc2nccnc2c1. The highest BCUT2D eigenvalue weighted by molar-refractivity contribution is 5.70. The van der Waals surface area contributed by atoms with E-state index < -0.39 is 0 Å². The molecular formula is C8H7N3O. The fourth-order valence-electron chi connectivity index (χ4n) is 0.951. The van der Waals surface area contributed by atoms with Crippen molar-refractivity contribution in [3.05, 3.63) is 24.7 Å². The Morgan fingerprint density at radius 2 is 2.00 bits per heavy atom. The number of hydrogen-bond acceptors (Lipinski definition) is 4. The van der Waals surface area contributed by atoms with E-state index in [1.54, 1.807) is 31.8 Å². The Morgan fingerprint density at radius 1 is 1.17 bits per heavy atom. The molecular weight excluding hydrogens is 154 g/mol. The molecule has 0 aliphatic heterocycles. The molecule has 2 rings (SSSR count). The highest BCUT2D eigenvalue weighted by Crippen LogP contribution is 2.12. The number of pyridine rings is 1. The van der Waals surface area contributed by atoms with E-state index in [4.69, 9.17) is 4.74 Å². The summed E-state index contributed by atoms with van der Waals surface area (Å²) in [5.74, 6) is 0.697. The first-order valence-electron chi connectivity index (χ1n) is 3.51. The van der Waals surface area contributed by atoms with Gasteiger partial charge in [0.05, 0.1) is 13.3 Å². The van der Waals surface area contributed by atoms with Gasteiger partial charge in [-0.3, -0.25) is 4.98 Å². The van der Waals surface area contributed by atoms with Gasteiger partial charge >= 0.3 is 0 Å². The Bertz CT molecular complexity index is 402. The molecule has 0 radical (unpaired) electrons. The third-order valence-electron chi connectivity index (χ3n) is 1.53. The monoisotopic (exact) mass is 161 g/mol. The maximum absolute atomic E-state index is 4.99. The lowest BCUT2D eigenvalue weighted by Crippen LogP contribution is -1.88. The maximum atomic E-state index is 4.99. The number of hydrogen-bond donors (Lipinski definition) is 0. The normalized spacial score (nSPS) is 10.1. The average molecular weight is 161 g/mol. The Morgan fingerprint density at radius 3 is 2.83 bits per heavy atom. The summed E-state index contributed by atoms with van der Waals surface area (Å²) in [5, 5.41) is 0. The quantitative estimate of drug-likeness (QED) is 0.626. The molecule has 0 bridgehead atoms. The molecule has 0 fully saturated rings. The number of methoxy groups -OCH3 is 1. The van der Waals surface area contributed by atoms with Crippen molar-refractivity contribution < 1.29 is 4.74 Å². The molecule has 60 valence electrons. The fourth-order valence-corrected chi connectivity index (χ4v) is 0.951. The van der Waals surface area contributed by atoms with E-state index in [9.17, 15) is 0 Å². The predicted octanol–water partition coefficient (Wildman–Crippen LogP) is 1.03. The molecule has 0 spiro atoms. The molecule has 0 aromatic carbocycles. The predicted molar refractivity (Wildman–Crippen MR) is 43.9 cm³/mol. The number of nitrogens with zero attached hydrogens (tertiary/aromatic N) is 3. The smallest absolute Gasteiger partial charge is 0.178 e. The first kappa shape index (κ1) is 6.97. The van der Waals surface area contributed by atoms with Gasteiger partial charge in [0.1, 0.15) is 11.3 Å². The molecule has 0 saturated heterocycles. The van der Waals surface area contributed by atoms with Crippen LogP contribution >= 0.6 is 0 Å². The lowest BCUT2D eigenvalue weighted by Gasteiger charge is -1.98. The lowest BCUT2D eigenvalue weighted by molar-refractivity contribution is 0.413. The summed E-state index contributed by atoms with van der Waals surface area (Å²) >= 11 is 0. The third-order valence-corrected chi connectivity index (χ3v) is 1.53. The first-order chi connectivity index (χ1) is 5.90. The topological polar surface area (TPSA) is 47.9 Å². The standard InChI is InChI=1S/C8H7N3O/c1-12-6-4-7-8(11-5-6)10-3-2-9-7/h2-5H,1H3. The molecule has 0 aliphatic rings. The molecule has 2 heterocycles. The van der Waals surface area contributed by atoms with Crippen molar-refractivity contribution in [1.82, 2.24) is 15.0 Å². The second-order valence-electron chi connectivity index (χ2n) is 2.27. The van der Waals surface area contributed by atoms with Gasteiger partial charge in [-0.05, 0) is 0 Å². The number of rotatable bonds is 1. The summed E-state index contributed by atoms with van der Waals surface area (Å²) < 4.78 is 4.99. The van der Waals surface area contributed by atoms with E-state index in [0.717, 1.165) is 5.52 Å². The largest absolute Gasteiger partial charge is 0.495 e. The van der Waals surface area contributed by atoms with Crippen LogP contribution in [0.2, 0.25) is 0 Å². The van der Waals surface area contributed by atoms with Crippen LogP contribution in [0.25, 0.3) is 11.2 Å². The molecule has 0 N–H and O–H groups in total. The van der Waals surface area contributed by atoms with E-state index >= 15 is 0 Å². The van der Waals surface area contributed by atoms with Crippen LogP contribution in [0, 0.1) is 0 Å². The minimum absolute atomic E-state index is 0.637. The van der Waals surface area contributed by atoms with Gasteiger partial charge in [-0.1, -0.05) is 0 Å². The molecule has 4 heteroatoms. The van der Waals surface area contributed by atoms with Crippen LogP contribution in [0.3, 0.4) is 0 Å². The van der Waals surface area contributed by atoms with Crippen LogP contribution in [0.15, 0.2) is 24.7 Å². The van der Waals surface area contributed by atoms with Gasteiger partial charge in [-0.15, -0.1) is 0 Å². The van der Waals surface area contributed by atoms with E-state index in [2.05, 4.69) is 15.0 Å². The molecule has 0 atom stereocenters. The Kier molecular flexibility index (Phi) is 1.59. The summed E-state index contributed by atoms with van der Waals surface area (Å²) in [6.45, 7) is 0. The van der Waals surface area contributed by atoms with Gasteiger partial charge < -0.3 is 4.74 Å². The Hall–Kier alpha value is -1.71. The zero-order chi connectivity index (χ0) is 8.39. The zero-order valence-corrected chi connectivity index (χ0v) is 6.56. The second-order valence-corrected chi connectivity index (χ2v) is 2.27. The summed E-state index contributed by atoms with van der Waals surface area (Å²) in [4.78, 5) is 12.2. The van der Waals surface area contributed by atoms with Gasteiger partial charge in [0.25, 0.3) is 0 Å². The molecule has 0 aliphatic carbocycles. The van der Waals surface area contributed by atoms with Crippen molar-refractivity contribution in [2.75, 3.05) is 7.11 Å². The van der Waals surface area contributed by atoms with Gasteiger partial charge in [-0.25, -0.2) is 9.97 Å². The number of fused-ring (bicyclic) bond motifs is 1. The van der Waals surface area contributed by atoms with E-state index in [-0.39, 0.29) is 0 Å². The second kappa shape index (κ2) is 2.73. The minimum atomic E-state index is 0.637. The molecule has 12 heavy (non-hydrogen) atoms. The molecule has 0 saturated carbocycles. The fraction of sp³-hybridized carbons (Fsp3) is 0.125. The molecule has 4 nitrogen and oxygen atoms in total. The number of ether oxygens (including phenoxy) is 1. The van der Waals surface area contributed by atoms with E-state index in [1.165, 1.54) is 0 Å². The van der Waals surface area contributed by atoms with Crippen LogP contribution in [-0.2, 0) is 0 Å². The van der Waals surface area contributed by atoms with Crippen molar-refractivity contribution in [3.63, 3.8) is 0 Å². The maximum Gasteiger partial charge on any atom is 0.178 e. The molecule has 2 aromatic heterocycles. The van der Waals surface area contributed by atoms with Gasteiger partial charge in [0, 0.05) is 18.5 Å². The van der Waals surface area contributed by atoms with Crippen LogP contribution in [-0.4, -0.2) is 22.1 Å². The van der Waals surface area contributed by atoms with Gasteiger partial charge in [0.2, 0.25) is 0 Å². The van der Waals surface area contributed by atoms with Gasteiger partial charge in [-0.2, -0.15) is 0 Å². The van der Waals surface area contributed by atoms with E-state index in [0.29, 0.717) is 11.4 Å². The number of aromatic nitrogens is 3. The first-order valence-corrected chi connectivity index (χ1v) is 3.51. The van der Waals surface area contributed by atoms with Crippen LogP contribution in [0.1, 0.15) is 0 Å². The zero-order valence-electron chi connectivity index (χ0n) is 6.56. The van der Waals surface area contributed by atoms with Crippen molar-refractivity contribution in [1.29, 1.82) is 0 Å². The lowest BCUT2D eigenvalue weighted by atomic mass is 10.4. The van der Waals surface area contributed by atoms with Crippen LogP contribution in [0.5, 0.6) is 5.75 Å². The summed E-state index contributed by atoms with van der Waals surface area (Å²) in [6, 6.07) is 1.80. The Balaban J connectivity index is 2.67. The van der Waals surface area contributed by atoms with Crippen LogP contribution < -0.4 is 4.74 Å². The highest BCUT2D eigenvalue weighted by atomic mass is 16.5. The third kappa shape index (κ3) is 1.07. The highest BCUT2D eigenvalue weighted by Gasteiger charge is 1.97. The summed E-state index contributed by atoms with van der Waals surface area (Å²) in [7, 11) is 1.60. The molecule has 2 aromatic rings. The van der Waals surface area contributed by atoms with Crippen molar-refractivity contribution in [2.45, 2.75) is 0 Å². The average Bonchev–Trinajstić information content (AvgIpc) is 2.17. The van der Waals surface area contributed by atoms with E-state index in [1.807, 2.05) is 0 Å². The molecule has 0 unspecified atom stereocenters. The Labute approximate surface area is 69.3 Å².